The van der Waals surface area contributed by atoms with Crippen LogP contribution in [0.5, 0.6) is 0 Å². The molecule has 0 unspecified atom stereocenters. The number of aromatic amines is 1. The number of amides is 2. The lowest BCUT2D eigenvalue weighted by Gasteiger charge is -2.45. The molecule has 5 aliphatic heterocycles. The van der Waals surface area contributed by atoms with E-state index in [1.165, 1.54) is 31.0 Å². The van der Waals surface area contributed by atoms with Crippen LogP contribution in [0.25, 0.3) is 0 Å². The summed E-state index contributed by atoms with van der Waals surface area (Å²) in [6.45, 7) is 1.99. The first-order chi connectivity index (χ1) is 17.8. The molecule has 38 heavy (non-hydrogen) atoms. The fourth-order valence-corrected chi connectivity index (χ4v) is 6.42. The number of fused-ring (bicyclic) bond motifs is 4. The topological polar surface area (TPSA) is 193 Å². The number of nitrogens with zero attached hydrogens (tertiary/aromatic N) is 3. The third-order valence-corrected chi connectivity index (χ3v) is 8.76. The predicted molar refractivity (Wildman–Crippen MR) is 128 cm³/mol. The van der Waals surface area contributed by atoms with Crippen LogP contribution in [0.4, 0.5) is 4.79 Å². The molecule has 0 aromatic carbocycles. The molecule has 2 amide bonds. The maximum absolute atomic E-state index is 13.3. The smallest absolute Gasteiger partial charge is 0.330 e. The number of carbonyl (C=O) groups is 1. The van der Waals surface area contributed by atoms with Gasteiger partial charge in [-0.3, -0.25) is 28.7 Å². The normalized spacial score (nSPS) is 39.7. The molecule has 2 fully saturated rings. The van der Waals surface area contributed by atoms with Gasteiger partial charge < -0.3 is 33.8 Å². The van der Waals surface area contributed by atoms with Gasteiger partial charge in [-0.2, -0.15) is 0 Å². The zero-order chi connectivity index (χ0) is 27.6. The third-order valence-electron chi connectivity index (χ3n) is 7.49. The Labute approximate surface area is 216 Å². The average Bonchev–Trinajstić information content (AvgIpc) is 3.42. The Bertz CT molecular complexity index is 1310. The van der Waals surface area contributed by atoms with E-state index in [-0.39, 0.29) is 31.4 Å². The second-order valence-electron chi connectivity index (χ2n) is 10.1. The van der Waals surface area contributed by atoms with Gasteiger partial charge in [0.15, 0.2) is 5.72 Å². The molecule has 0 saturated carbocycles. The molecule has 5 aliphatic rings. The van der Waals surface area contributed by atoms with Gasteiger partial charge in [-0.1, -0.05) is 0 Å². The standard InChI is InChI=1S/C22H31N4O11P/c1-11-7-26-17-4-13(28)16(36-17)10-34-38(3,33)37-14-5-18(35-15(14)9-27)25-8-12(19(29)23-20(25)30)6-22(11,32)24(2)21(26)31/h7-8,13-18,27-28,32H,4-6,9-10H2,1-3H3,(H,23,29,30)/t13-,14-,15+,16+,17+,18+,22+,38+/m0/s1. The van der Waals surface area contributed by atoms with Crippen LogP contribution in [0.15, 0.2) is 27.6 Å². The summed E-state index contributed by atoms with van der Waals surface area (Å²) < 4.78 is 37.0. The highest BCUT2D eigenvalue weighted by atomic mass is 31.2. The fraction of sp³-hybridized carbons (Fsp3) is 0.682. The molecular weight excluding hydrogens is 527 g/mol. The zero-order valence-electron chi connectivity index (χ0n) is 21.1. The van der Waals surface area contributed by atoms with Crippen molar-refractivity contribution in [3.05, 3.63) is 44.4 Å². The van der Waals surface area contributed by atoms with Gasteiger partial charge in [-0.05, 0) is 12.5 Å². The number of aromatic nitrogens is 2. The first-order valence-electron chi connectivity index (χ1n) is 12.1. The third kappa shape index (κ3) is 4.67. The Kier molecular flexibility index (Phi) is 6.93. The van der Waals surface area contributed by atoms with Gasteiger partial charge in [0.05, 0.1) is 25.4 Å². The lowest BCUT2D eigenvalue weighted by molar-refractivity contribution is -0.0853. The summed E-state index contributed by atoms with van der Waals surface area (Å²) in [6.07, 6.45) is -3.50. The number of aliphatic hydroxyl groups excluding tert-OH is 2. The zero-order valence-corrected chi connectivity index (χ0v) is 21.9. The molecule has 210 valence electrons. The van der Waals surface area contributed by atoms with Crippen LogP contribution < -0.4 is 11.2 Å². The lowest BCUT2D eigenvalue weighted by atomic mass is 9.94. The van der Waals surface area contributed by atoms with Gasteiger partial charge >= 0.3 is 19.3 Å². The fourth-order valence-electron chi connectivity index (χ4n) is 5.23. The van der Waals surface area contributed by atoms with Gasteiger partial charge in [0.25, 0.3) is 5.56 Å². The van der Waals surface area contributed by atoms with E-state index in [2.05, 4.69) is 4.98 Å². The number of hydrogen-bond acceptors (Lipinski definition) is 11. The van der Waals surface area contributed by atoms with Gasteiger partial charge in [0.2, 0.25) is 0 Å². The second kappa shape index (κ2) is 9.68. The van der Waals surface area contributed by atoms with Crippen molar-refractivity contribution in [1.29, 1.82) is 0 Å². The van der Waals surface area contributed by atoms with E-state index in [0.29, 0.717) is 5.57 Å². The highest BCUT2D eigenvalue weighted by Crippen LogP contribution is 2.49. The SMILES string of the molecule is CC1=CN2C(=O)N(C)[C@@]1(O)Cc1cn(c(=O)[nH]c1=O)[C@H]1C[C@H](O[P@](C)(=O)OC[C@H]3O[C@@H]2C[C@@H]3O)[C@@H](CO)O1. The summed E-state index contributed by atoms with van der Waals surface area (Å²) in [5.41, 5.74) is -3.18. The molecule has 0 spiro atoms. The summed E-state index contributed by atoms with van der Waals surface area (Å²) in [5, 5.41) is 31.9. The van der Waals surface area contributed by atoms with E-state index < -0.39 is 74.1 Å². The van der Waals surface area contributed by atoms with Gasteiger partial charge in [-0.25, -0.2) is 9.59 Å². The van der Waals surface area contributed by atoms with E-state index in [9.17, 15) is 34.3 Å². The minimum Gasteiger partial charge on any atom is -0.394 e. The summed E-state index contributed by atoms with van der Waals surface area (Å²) in [5.74, 6) is 0. The number of aliphatic hydroxyl groups is 3. The van der Waals surface area contributed by atoms with Gasteiger partial charge in [0, 0.05) is 50.9 Å². The van der Waals surface area contributed by atoms with E-state index in [1.54, 1.807) is 6.92 Å². The Hall–Kier alpha value is -2.36. The van der Waals surface area contributed by atoms with Crippen LogP contribution in [0.1, 0.15) is 31.6 Å². The predicted octanol–water partition coefficient (Wildman–Crippen LogP) is -0.967. The number of carbonyl (C=O) groups excluding carboxylic acids is 1. The Morgan fingerprint density at radius 2 is 1.92 bits per heavy atom. The largest absolute Gasteiger partial charge is 0.394 e. The number of urea groups is 1. The molecule has 0 radical (unpaired) electrons. The van der Waals surface area contributed by atoms with Crippen molar-refractivity contribution in [2.45, 2.75) is 68.8 Å². The van der Waals surface area contributed by atoms with Gasteiger partial charge in [-0.15, -0.1) is 0 Å². The summed E-state index contributed by atoms with van der Waals surface area (Å²) in [7, 11) is -2.40. The highest BCUT2D eigenvalue weighted by molar-refractivity contribution is 7.53. The van der Waals surface area contributed by atoms with E-state index in [1.807, 2.05) is 0 Å². The van der Waals surface area contributed by atoms with Crippen LogP contribution in [0.2, 0.25) is 0 Å². The molecule has 8 bridgehead atoms. The van der Waals surface area contributed by atoms with Crippen LogP contribution in [-0.4, -0.2) is 104 Å². The quantitative estimate of drug-likeness (QED) is 0.310. The molecule has 1 aromatic rings. The van der Waals surface area contributed by atoms with Crippen molar-refractivity contribution in [3.8, 4) is 0 Å². The first-order valence-corrected chi connectivity index (χ1v) is 14.1. The van der Waals surface area contributed by atoms with Crippen LogP contribution >= 0.6 is 7.60 Å². The number of H-pyrrole nitrogens is 1. The molecule has 6 heterocycles. The Balaban J connectivity index is 1.60. The number of likely N-dealkylation sites (N-methyl/N-ethyl adjacent to an activating group) is 1. The molecule has 15 nitrogen and oxygen atoms in total. The summed E-state index contributed by atoms with van der Waals surface area (Å²) >= 11 is 0. The number of nitrogens with one attached hydrogen (secondary N) is 1. The molecule has 8 atom stereocenters. The van der Waals surface area contributed by atoms with Crippen molar-refractivity contribution in [2.75, 3.05) is 26.9 Å². The van der Waals surface area contributed by atoms with Crippen LogP contribution in [-0.2, 0) is 29.5 Å². The summed E-state index contributed by atoms with van der Waals surface area (Å²) in [4.78, 5) is 43.2. The number of ether oxygens (including phenoxy) is 2. The monoisotopic (exact) mass is 558 g/mol. The molecule has 2 saturated heterocycles. The minimum absolute atomic E-state index is 0.0142. The minimum atomic E-state index is -3.76. The average molecular weight is 558 g/mol. The summed E-state index contributed by atoms with van der Waals surface area (Å²) in [6, 6.07) is -0.653. The Morgan fingerprint density at radius 1 is 1.18 bits per heavy atom. The maximum Gasteiger partial charge on any atom is 0.330 e. The molecule has 0 aliphatic carbocycles. The molecule has 16 heteroatoms. The van der Waals surface area contributed by atoms with E-state index in [0.717, 1.165) is 9.47 Å². The van der Waals surface area contributed by atoms with E-state index >= 15 is 0 Å². The molecule has 1 aromatic heterocycles. The van der Waals surface area contributed by atoms with Crippen molar-refractivity contribution < 1.29 is 43.2 Å². The van der Waals surface area contributed by atoms with Crippen LogP contribution in [0.3, 0.4) is 0 Å². The van der Waals surface area contributed by atoms with Crippen molar-refractivity contribution in [1.82, 2.24) is 19.4 Å². The lowest BCUT2D eigenvalue weighted by Crippen LogP contribution is -2.60. The Morgan fingerprint density at radius 3 is 2.63 bits per heavy atom. The molecule has 4 N–H and O–H groups in total. The first kappa shape index (κ1) is 27.2. The molecule has 6 rings (SSSR count). The van der Waals surface area contributed by atoms with E-state index in [4.69, 9.17) is 18.5 Å². The molecular formula is C22H31N4O11P. The number of hydrogen-bond donors (Lipinski definition) is 4. The highest BCUT2D eigenvalue weighted by Gasteiger charge is 2.49. The number of rotatable bonds is 1. The van der Waals surface area contributed by atoms with Crippen molar-refractivity contribution in [3.63, 3.8) is 0 Å². The second-order valence-corrected chi connectivity index (χ2v) is 12.1. The van der Waals surface area contributed by atoms with Crippen LogP contribution in [0, 0.1) is 0 Å². The van der Waals surface area contributed by atoms with Crippen molar-refractivity contribution >= 4 is 13.6 Å². The maximum atomic E-state index is 13.3. The van der Waals surface area contributed by atoms with Crippen molar-refractivity contribution in [2.24, 2.45) is 0 Å². The van der Waals surface area contributed by atoms with Gasteiger partial charge in [0.1, 0.15) is 24.7 Å².